The highest BCUT2D eigenvalue weighted by atomic mass is 31.2. The van der Waals surface area contributed by atoms with Crippen LogP contribution in [0, 0.1) is 0 Å². The molecular weight excluding hydrogens is 1340 g/mol. The number of carbonyl (C=O) groups is 4. The minimum absolute atomic E-state index is 0.109. The van der Waals surface area contributed by atoms with Gasteiger partial charge in [-0.3, -0.25) is 37.3 Å². The molecule has 5 atom stereocenters. The van der Waals surface area contributed by atoms with Crippen molar-refractivity contribution in [2.24, 2.45) is 0 Å². The van der Waals surface area contributed by atoms with Gasteiger partial charge >= 0.3 is 39.5 Å². The van der Waals surface area contributed by atoms with Gasteiger partial charge in [-0.2, -0.15) is 0 Å². The maximum Gasteiger partial charge on any atom is 0.472 e. The molecule has 0 radical (unpaired) electrons. The molecule has 612 valence electrons. The molecular formula is C84H164O17P2. The molecule has 17 nitrogen and oxygen atoms in total. The number of phosphoric acid groups is 2. The number of phosphoric ester groups is 2. The van der Waals surface area contributed by atoms with Gasteiger partial charge in [0, 0.05) is 25.7 Å². The highest BCUT2D eigenvalue weighted by Gasteiger charge is 2.30. The minimum atomic E-state index is -4.96. The Balaban J connectivity index is 5.18. The molecule has 19 heteroatoms. The van der Waals surface area contributed by atoms with E-state index in [4.69, 9.17) is 37.0 Å². The van der Waals surface area contributed by atoms with Gasteiger partial charge in [-0.15, -0.1) is 0 Å². The molecule has 0 spiro atoms. The van der Waals surface area contributed by atoms with E-state index >= 15 is 0 Å². The predicted octanol–water partition coefficient (Wildman–Crippen LogP) is 25.7. The van der Waals surface area contributed by atoms with Crippen molar-refractivity contribution in [1.29, 1.82) is 0 Å². The Morgan fingerprint density at radius 1 is 0.233 bits per heavy atom. The maximum atomic E-state index is 13.1. The average molecular weight is 1510 g/mol. The second-order valence-corrected chi connectivity index (χ2v) is 33.1. The Morgan fingerprint density at radius 3 is 0.573 bits per heavy atom. The predicted molar refractivity (Wildman–Crippen MR) is 423 cm³/mol. The van der Waals surface area contributed by atoms with Crippen LogP contribution in [-0.4, -0.2) is 96.7 Å². The standard InChI is InChI=1S/C84H164O17P2/c1-5-9-13-17-21-25-28-31-34-37-39-40-41-43-46-49-52-55-59-63-67-71-84(89)101-80(75-95-82(87)69-65-61-57-53-50-47-45-42-38-35-32-29-26-22-18-14-10-6-2)77-99-103(92,93)97-73-78(85)72-96-102(90,91)98-76-79(74-94-81(86)68-64-60-56-24-20-16-12-8-4)100-83(88)70-66-62-58-54-51-48-44-36-33-30-27-23-19-15-11-7-3/h78-80,85H,5-77H2,1-4H3,(H,90,91)(H,92,93)/t78-,79+,80+/m0/s1. The van der Waals surface area contributed by atoms with Crippen LogP contribution in [0.2, 0.25) is 0 Å². The van der Waals surface area contributed by atoms with Crippen LogP contribution in [-0.2, 0) is 65.4 Å². The minimum Gasteiger partial charge on any atom is -0.462 e. The first-order valence-corrected chi connectivity index (χ1v) is 46.8. The smallest absolute Gasteiger partial charge is 0.462 e. The molecule has 0 fully saturated rings. The number of aliphatic hydroxyl groups is 1. The normalized spacial score (nSPS) is 13.7. The summed E-state index contributed by atoms with van der Waals surface area (Å²) in [5, 5.41) is 10.6. The highest BCUT2D eigenvalue weighted by molar-refractivity contribution is 7.47. The fourth-order valence-corrected chi connectivity index (χ4v) is 14.7. The quantitative estimate of drug-likeness (QED) is 0.0222. The van der Waals surface area contributed by atoms with E-state index < -0.39 is 97.5 Å². The lowest BCUT2D eigenvalue weighted by Crippen LogP contribution is -2.30. The molecule has 0 saturated heterocycles. The van der Waals surface area contributed by atoms with Crippen LogP contribution in [0.1, 0.15) is 458 Å². The van der Waals surface area contributed by atoms with Crippen molar-refractivity contribution in [3.8, 4) is 0 Å². The molecule has 103 heavy (non-hydrogen) atoms. The molecule has 0 aromatic heterocycles. The van der Waals surface area contributed by atoms with E-state index in [1.165, 1.54) is 289 Å². The van der Waals surface area contributed by atoms with Crippen molar-refractivity contribution < 1.29 is 80.2 Å². The summed E-state index contributed by atoms with van der Waals surface area (Å²) in [7, 11) is -9.92. The molecule has 0 saturated carbocycles. The van der Waals surface area contributed by atoms with E-state index in [-0.39, 0.29) is 25.7 Å². The number of rotatable bonds is 85. The number of ether oxygens (including phenoxy) is 4. The zero-order valence-electron chi connectivity index (χ0n) is 67.3. The summed E-state index contributed by atoms with van der Waals surface area (Å²) >= 11 is 0. The summed E-state index contributed by atoms with van der Waals surface area (Å²) in [6.45, 7) is 5.02. The number of hydrogen-bond donors (Lipinski definition) is 3. The van der Waals surface area contributed by atoms with Gasteiger partial charge in [0.1, 0.15) is 19.3 Å². The molecule has 0 amide bonds. The zero-order valence-corrected chi connectivity index (χ0v) is 69.1. The number of hydrogen-bond acceptors (Lipinski definition) is 15. The van der Waals surface area contributed by atoms with E-state index in [9.17, 15) is 43.2 Å². The van der Waals surface area contributed by atoms with E-state index in [0.29, 0.717) is 25.7 Å². The van der Waals surface area contributed by atoms with Gasteiger partial charge < -0.3 is 33.8 Å². The van der Waals surface area contributed by atoms with E-state index in [0.717, 1.165) is 89.9 Å². The molecule has 0 heterocycles. The second-order valence-electron chi connectivity index (χ2n) is 30.2. The summed E-state index contributed by atoms with van der Waals surface area (Å²) in [4.78, 5) is 73.0. The van der Waals surface area contributed by atoms with E-state index in [2.05, 4.69) is 27.7 Å². The van der Waals surface area contributed by atoms with Gasteiger partial charge in [-0.25, -0.2) is 9.13 Å². The van der Waals surface area contributed by atoms with Crippen molar-refractivity contribution in [1.82, 2.24) is 0 Å². The van der Waals surface area contributed by atoms with Crippen LogP contribution in [0.25, 0.3) is 0 Å². The van der Waals surface area contributed by atoms with Gasteiger partial charge in [0.05, 0.1) is 26.4 Å². The molecule has 0 aromatic carbocycles. The molecule has 0 aromatic rings. The lowest BCUT2D eigenvalue weighted by atomic mass is 10.0. The number of carbonyl (C=O) groups excluding carboxylic acids is 4. The third kappa shape index (κ3) is 78.0. The zero-order chi connectivity index (χ0) is 75.3. The Morgan fingerprint density at radius 2 is 0.388 bits per heavy atom. The second kappa shape index (κ2) is 78.2. The van der Waals surface area contributed by atoms with Crippen molar-refractivity contribution in [2.45, 2.75) is 476 Å². The summed E-state index contributed by atoms with van der Waals surface area (Å²) in [6.07, 6.45) is 72.3. The van der Waals surface area contributed by atoms with Crippen molar-refractivity contribution >= 4 is 39.5 Å². The topological polar surface area (TPSA) is 237 Å². The molecule has 3 N–H and O–H groups in total. The van der Waals surface area contributed by atoms with Crippen LogP contribution < -0.4 is 0 Å². The largest absolute Gasteiger partial charge is 0.472 e. The van der Waals surface area contributed by atoms with Gasteiger partial charge in [-0.1, -0.05) is 407 Å². The maximum absolute atomic E-state index is 13.1. The Kier molecular flexibility index (Phi) is 76.7. The Hall–Kier alpha value is -1.94. The third-order valence-corrected chi connectivity index (χ3v) is 21.8. The molecule has 0 aliphatic heterocycles. The van der Waals surface area contributed by atoms with E-state index in [1.807, 2.05) is 0 Å². The van der Waals surface area contributed by atoms with E-state index in [1.54, 1.807) is 0 Å². The van der Waals surface area contributed by atoms with Crippen LogP contribution in [0.4, 0.5) is 0 Å². The summed E-state index contributed by atoms with van der Waals surface area (Å²) in [5.41, 5.74) is 0. The van der Waals surface area contributed by atoms with Gasteiger partial charge in [-0.05, 0) is 25.7 Å². The fourth-order valence-electron chi connectivity index (χ4n) is 13.2. The molecule has 0 aliphatic rings. The first-order valence-electron chi connectivity index (χ1n) is 43.8. The monoisotopic (exact) mass is 1510 g/mol. The Bertz CT molecular complexity index is 1950. The molecule has 0 rings (SSSR count). The van der Waals surface area contributed by atoms with Crippen LogP contribution in [0.5, 0.6) is 0 Å². The molecule has 0 aliphatic carbocycles. The average Bonchev–Trinajstić information content (AvgIpc) is 0.930. The lowest BCUT2D eigenvalue weighted by molar-refractivity contribution is -0.161. The van der Waals surface area contributed by atoms with Crippen LogP contribution >= 0.6 is 15.6 Å². The van der Waals surface area contributed by atoms with Gasteiger partial charge in [0.2, 0.25) is 0 Å². The Labute approximate surface area is 632 Å². The SMILES string of the molecule is CCCCCCCCCCCCCCCCCCCCCCCC(=O)O[C@H](COC(=O)CCCCCCCCCCCCCCCCCCCC)COP(=O)(O)OC[C@@H](O)COP(=O)(O)OC[C@@H](COC(=O)CCCCCCCCCC)OC(=O)CCCCCCCCCCCCCCCCCC. The van der Waals surface area contributed by atoms with Crippen molar-refractivity contribution in [2.75, 3.05) is 39.6 Å². The summed E-state index contributed by atoms with van der Waals surface area (Å²) < 4.78 is 68.8. The third-order valence-electron chi connectivity index (χ3n) is 19.9. The van der Waals surface area contributed by atoms with Crippen molar-refractivity contribution in [3.63, 3.8) is 0 Å². The van der Waals surface area contributed by atoms with Gasteiger partial charge in [0.15, 0.2) is 12.2 Å². The number of esters is 4. The number of aliphatic hydroxyl groups excluding tert-OH is 1. The van der Waals surface area contributed by atoms with Crippen molar-refractivity contribution in [3.05, 3.63) is 0 Å². The lowest BCUT2D eigenvalue weighted by Gasteiger charge is -2.21. The fraction of sp³-hybridized carbons (Fsp3) is 0.952. The van der Waals surface area contributed by atoms with Crippen LogP contribution in [0.3, 0.4) is 0 Å². The molecule has 2 unspecified atom stereocenters. The number of unbranched alkanes of at least 4 members (excludes halogenated alkanes) is 59. The first kappa shape index (κ1) is 101. The molecule has 0 bridgehead atoms. The first-order chi connectivity index (χ1) is 50.2. The van der Waals surface area contributed by atoms with Crippen LogP contribution in [0.15, 0.2) is 0 Å². The van der Waals surface area contributed by atoms with Gasteiger partial charge in [0.25, 0.3) is 0 Å². The highest BCUT2D eigenvalue weighted by Crippen LogP contribution is 2.45. The summed E-state index contributed by atoms with van der Waals surface area (Å²) in [5.74, 6) is -2.10. The summed E-state index contributed by atoms with van der Waals surface area (Å²) in [6, 6.07) is 0.